The average molecular weight is 396 g/mol. The van der Waals surface area contributed by atoms with Crippen molar-refractivity contribution in [2.45, 2.75) is 50.3 Å². The van der Waals surface area contributed by atoms with E-state index >= 15 is 0 Å². The zero-order valence-electron chi connectivity index (χ0n) is 16.9. The van der Waals surface area contributed by atoms with Crippen molar-refractivity contribution in [3.05, 3.63) is 23.8 Å². The molecule has 0 aromatic heterocycles. The van der Waals surface area contributed by atoms with E-state index in [2.05, 4.69) is 15.6 Å². The Hall–Kier alpha value is -1.76. The molecule has 1 aromatic rings. The minimum atomic E-state index is -0.710. The highest BCUT2D eigenvalue weighted by atomic mass is 32.2. The van der Waals surface area contributed by atoms with Crippen molar-refractivity contribution < 1.29 is 13.7 Å². The molecule has 1 aliphatic rings. The number of ether oxygens (including phenoxy) is 2. The van der Waals surface area contributed by atoms with Gasteiger partial charge in [0.2, 0.25) is 0 Å². The van der Waals surface area contributed by atoms with E-state index in [0.29, 0.717) is 11.3 Å². The molecule has 3 unspecified atom stereocenters. The van der Waals surface area contributed by atoms with Crippen LogP contribution in [0.4, 0.5) is 0 Å². The highest BCUT2D eigenvalue weighted by Gasteiger charge is 2.25. The van der Waals surface area contributed by atoms with Crippen LogP contribution in [0.15, 0.2) is 23.2 Å². The number of nitrogens with one attached hydrogen (secondary N) is 2. The first-order valence-electron chi connectivity index (χ1n) is 9.66. The summed E-state index contributed by atoms with van der Waals surface area (Å²) in [5.41, 5.74) is 1.17. The summed E-state index contributed by atoms with van der Waals surface area (Å²) >= 11 is 0. The number of methoxy groups -OCH3 is 2. The maximum absolute atomic E-state index is 12.1. The van der Waals surface area contributed by atoms with Crippen LogP contribution in [-0.4, -0.2) is 55.0 Å². The van der Waals surface area contributed by atoms with E-state index < -0.39 is 10.8 Å². The molecule has 27 heavy (non-hydrogen) atoms. The molecule has 2 rings (SSSR count). The molecule has 1 aliphatic carbocycles. The van der Waals surface area contributed by atoms with Gasteiger partial charge in [-0.2, -0.15) is 0 Å². The van der Waals surface area contributed by atoms with Gasteiger partial charge >= 0.3 is 0 Å². The predicted molar refractivity (Wildman–Crippen MR) is 112 cm³/mol. The summed E-state index contributed by atoms with van der Waals surface area (Å²) in [7, 11) is 4.37. The van der Waals surface area contributed by atoms with Crippen LogP contribution in [0, 0.1) is 0 Å². The van der Waals surface area contributed by atoms with Gasteiger partial charge in [-0.3, -0.25) is 9.20 Å². The first kappa shape index (κ1) is 21.5. The topological polar surface area (TPSA) is 72.0 Å². The van der Waals surface area contributed by atoms with Crippen LogP contribution in [0.5, 0.6) is 11.5 Å². The summed E-state index contributed by atoms with van der Waals surface area (Å²) in [6.45, 7) is 2.77. The van der Waals surface area contributed by atoms with Crippen molar-refractivity contribution in [3.8, 4) is 11.5 Å². The number of aliphatic imine (C=N–C) groups is 1. The van der Waals surface area contributed by atoms with Crippen LogP contribution in [0.25, 0.3) is 0 Å². The Morgan fingerprint density at radius 2 is 2.04 bits per heavy atom. The van der Waals surface area contributed by atoms with Crippen molar-refractivity contribution in [3.63, 3.8) is 0 Å². The Labute approximate surface area is 165 Å². The van der Waals surface area contributed by atoms with E-state index in [1.54, 1.807) is 21.3 Å². The quantitative estimate of drug-likeness (QED) is 0.523. The molecular weight excluding hydrogens is 362 g/mol. The molecule has 1 aromatic carbocycles. The molecular formula is C20H33N3O3S. The van der Waals surface area contributed by atoms with Gasteiger partial charge in [0.25, 0.3) is 0 Å². The van der Waals surface area contributed by atoms with Crippen molar-refractivity contribution in [2.24, 2.45) is 4.99 Å². The predicted octanol–water partition coefficient (Wildman–Crippen LogP) is 2.49. The maximum Gasteiger partial charge on any atom is 0.191 e. The molecule has 0 amide bonds. The first-order chi connectivity index (χ1) is 13.1. The summed E-state index contributed by atoms with van der Waals surface area (Å²) in [6, 6.07) is 6.32. The minimum Gasteiger partial charge on any atom is -0.493 e. The van der Waals surface area contributed by atoms with E-state index in [0.717, 1.165) is 61.9 Å². The number of rotatable bonds is 8. The lowest BCUT2D eigenvalue weighted by molar-refractivity contribution is 0.354. The molecule has 0 aliphatic heterocycles. The lowest BCUT2D eigenvalue weighted by atomic mass is 9.95. The molecule has 0 bridgehead atoms. The van der Waals surface area contributed by atoms with Crippen molar-refractivity contribution in [2.75, 3.05) is 33.6 Å². The van der Waals surface area contributed by atoms with Gasteiger partial charge in [-0.1, -0.05) is 19.4 Å². The Morgan fingerprint density at radius 3 is 2.70 bits per heavy atom. The molecule has 0 radical (unpaired) electrons. The van der Waals surface area contributed by atoms with Crippen LogP contribution in [0.1, 0.15) is 38.2 Å². The third kappa shape index (κ3) is 6.41. The molecule has 0 heterocycles. The smallest absolute Gasteiger partial charge is 0.191 e. The van der Waals surface area contributed by atoms with Gasteiger partial charge in [0.05, 0.1) is 14.2 Å². The average Bonchev–Trinajstić information content (AvgIpc) is 2.72. The SMILES string of the molecule is CCS(=O)C1CCCC(NC(=NC)NCCc2ccc(OC)c(OC)c2)C1. The number of hydrogen-bond acceptors (Lipinski definition) is 4. The van der Waals surface area contributed by atoms with Gasteiger partial charge < -0.3 is 20.1 Å². The Balaban J connectivity index is 1.83. The number of nitrogens with zero attached hydrogens (tertiary/aromatic N) is 1. The van der Waals surface area contributed by atoms with E-state index in [-0.39, 0.29) is 0 Å². The van der Waals surface area contributed by atoms with Gasteiger partial charge in [-0.25, -0.2) is 0 Å². The number of guanidine groups is 1. The van der Waals surface area contributed by atoms with Gasteiger partial charge in [0.15, 0.2) is 17.5 Å². The number of hydrogen-bond donors (Lipinski definition) is 2. The van der Waals surface area contributed by atoms with Gasteiger partial charge in [0.1, 0.15) is 0 Å². The fourth-order valence-electron chi connectivity index (χ4n) is 3.50. The monoisotopic (exact) mass is 395 g/mol. The maximum atomic E-state index is 12.1. The molecule has 1 fully saturated rings. The highest BCUT2D eigenvalue weighted by molar-refractivity contribution is 7.85. The van der Waals surface area contributed by atoms with E-state index in [1.807, 2.05) is 25.1 Å². The number of benzene rings is 1. The standard InChI is InChI=1S/C20H33N3O3S/c1-5-27(24)17-8-6-7-16(14-17)23-20(21-2)22-12-11-15-9-10-18(25-3)19(13-15)26-4/h9-10,13,16-17H,5-8,11-12,14H2,1-4H3,(H2,21,22,23). The first-order valence-corrected chi connectivity index (χ1v) is 11.0. The molecule has 0 saturated heterocycles. The lowest BCUT2D eigenvalue weighted by Gasteiger charge is -2.30. The van der Waals surface area contributed by atoms with Crippen LogP contribution >= 0.6 is 0 Å². The largest absolute Gasteiger partial charge is 0.493 e. The second-order valence-electron chi connectivity index (χ2n) is 6.74. The molecule has 0 spiro atoms. The van der Waals surface area contributed by atoms with E-state index in [4.69, 9.17) is 9.47 Å². The molecule has 3 atom stereocenters. The zero-order chi connectivity index (χ0) is 19.6. The van der Waals surface area contributed by atoms with Crippen LogP contribution in [-0.2, 0) is 17.2 Å². The van der Waals surface area contributed by atoms with E-state index in [1.165, 1.54) is 5.56 Å². The molecule has 152 valence electrons. The molecule has 6 nitrogen and oxygen atoms in total. The molecule has 7 heteroatoms. The Morgan fingerprint density at radius 1 is 1.26 bits per heavy atom. The summed E-state index contributed by atoms with van der Waals surface area (Å²) in [6.07, 6.45) is 5.11. The van der Waals surface area contributed by atoms with Crippen LogP contribution in [0.3, 0.4) is 0 Å². The second-order valence-corrected chi connectivity index (χ2v) is 8.74. The third-order valence-corrected chi connectivity index (χ3v) is 6.74. The van der Waals surface area contributed by atoms with Crippen LogP contribution in [0.2, 0.25) is 0 Å². The van der Waals surface area contributed by atoms with Gasteiger partial charge in [0, 0.05) is 41.4 Å². The van der Waals surface area contributed by atoms with Gasteiger partial charge in [-0.15, -0.1) is 0 Å². The summed E-state index contributed by atoms with van der Waals surface area (Å²) in [5.74, 6) is 3.04. The highest BCUT2D eigenvalue weighted by Crippen LogP contribution is 2.27. The Kier molecular flexibility index (Phi) is 8.91. The fourth-order valence-corrected chi connectivity index (χ4v) is 4.85. The zero-order valence-corrected chi connectivity index (χ0v) is 17.7. The molecule has 2 N–H and O–H groups in total. The second kappa shape index (κ2) is 11.2. The Bertz CT molecular complexity index is 651. The summed E-state index contributed by atoms with van der Waals surface area (Å²) in [4.78, 5) is 4.34. The summed E-state index contributed by atoms with van der Waals surface area (Å²) < 4.78 is 22.7. The van der Waals surface area contributed by atoms with Gasteiger partial charge in [-0.05, 0) is 43.4 Å². The van der Waals surface area contributed by atoms with Crippen molar-refractivity contribution in [1.82, 2.24) is 10.6 Å². The van der Waals surface area contributed by atoms with Crippen molar-refractivity contribution in [1.29, 1.82) is 0 Å². The van der Waals surface area contributed by atoms with Crippen molar-refractivity contribution >= 4 is 16.8 Å². The molecule has 1 saturated carbocycles. The lowest BCUT2D eigenvalue weighted by Crippen LogP contribution is -2.47. The third-order valence-electron chi connectivity index (χ3n) is 5.00. The summed E-state index contributed by atoms with van der Waals surface area (Å²) in [5, 5.41) is 7.19. The normalized spacial score (nSPS) is 21.4. The minimum absolute atomic E-state index is 0.311. The van der Waals surface area contributed by atoms with Crippen LogP contribution < -0.4 is 20.1 Å². The van der Waals surface area contributed by atoms with E-state index in [9.17, 15) is 4.21 Å². The fraction of sp³-hybridized carbons (Fsp3) is 0.650.